The number of hydrogen-bond acceptors (Lipinski definition) is 4. The number of thiazole rings is 1. The second-order valence-corrected chi connectivity index (χ2v) is 6.54. The van der Waals surface area contributed by atoms with E-state index in [1.54, 1.807) is 12.1 Å². The average Bonchev–Trinajstić information content (AvgIpc) is 2.99. The van der Waals surface area contributed by atoms with Gasteiger partial charge in [0.1, 0.15) is 0 Å². The number of amides is 1. The van der Waals surface area contributed by atoms with Gasteiger partial charge in [-0.05, 0) is 36.8 Å². The predicted octanol–water partition coefficient (Wildman–Crippen LogP) is 4.97. The van der Waals surface area contributed by atoms with Crippen LogP contribution in [0.2, 0.25) is 5.02 Å². The van der Waals surface area contributed by atoms with Gasteiger partial charge < -0.3 is 5.32 Å². The lowest BCUT2D eigenvalue weighted by molar-refractivity contribution is 0.102. The van der Waals surface area contributed by atoms with Crippen LogP contribution < -0.4 is 10.6 Å². The highest BCUT2D eigenvalue weighted by Crippen LogP contribution is 2.21. The Kier molecular flexibility index (Phi) is 5.13. The molecule has 1 heterocycles. The molecular formula is C18H16ClN3OS. The summed E-state index contributed by atoms with van der Waals surface area (Å²) in [4.78, 5) is 16.4. The fraction of sp³-hybridized carbons (Fsp3) is 0.111. The highest BCUT2D eigenvalue weighted by Gasteiger charge is 2.08. The molecule has 0 radical (unpaired) electrons. The summed E-state index contributed by atoms with van der Waals surface area (Å²) in [7, 11) is 0. The smallest absolute Gasteiger partial charge is 0.257 e. The van der Waals surface area contributed by atoms with Crippen LogP contribution in [0.1, 0.15) is 21.6 Å². The van der Waals surface area contributed by atoms with Crippen LogP contribution in [-0.4, -0.2) is 10.9 Å². The number of rotatable bonds is 5. The summed E-state index contributed by atoms with van der Waals surface area (Å²) < 4.78 is 0. The van der Waals surface area contributed by atoms with Crippen molar-refractivity contribution in [3.05, 3.63) is 75.8 Å². The number of hydrogen-bond donors (Lipinski definition) is 2. The Hall–Kier alpha value is -2.37. The molecule has 1 amide bonds. The molecule has 0 atom stereocenters. The number of carbonyl (C=O) groups excluding carboxylic acids is 1. The van der Waals surface area contributed by atoms with Crippen molar-refractivity contribution in [2.75, 3.05) is 10.6 Å². The summed E-state index contributed by atoms with van der Waals surface area (Å²) in [5.74, 6) is -0.157. The molecule has 0 saturated heterocycles. The number of benzene rings is 2. The quantitative estimate of drug-likeness (QED) is 0.677. The molecule has 3 aromatic rings. The van der Waals surface area contributed by atoms with Gasteiger partial charge in [0.05, 0.1) is 16.4 Å². The average molecular weight is 358 g/mol. The standard InChI is InChI=1S/C18H16ClN3OS/c1-12-11-24-18(21-12)22-17(23)14-8-6-13(7-9-14)10-20-16-5-3-2-4-15(16)19/h2-9,11,20H,10H2,1H3,(H,21,22,23). The number of aromatic nitrogens is 1. The highest BCUT2D eigenvalue weighted by molar-refractivity contribution is 7.13. The first-order valence-corrected chi connectivity index (χ1v) is 8.68. The third-order valence-corrected chi connectivity index (χ3v) is 4.62. The third-order valence-electron chi connectivity index (χ3n) is 3.41. The van der Waals surface area contributed by atoms with Crippen LogP contribution in [-0.2, 0) is 6.54 Å². The van der Waals surface area contributed by atoms with Crippen molar-refractivity contribution in [1.29, 1.82) is 0 Å². The van der Waals surface area contributed by atoms with E-state index >= 15 is 0 Å². The molecule has 0 bridgehead atoms. The minimum atomic E-state index is -0.157. The van der Waals surface area contributed by atoms with Gasteiger partial charge in [0.2, 0.25) is 0 Å². The molecule has 0 aliphatic carbocycles. The molecule has 0 saturated carbocycles. The number of carbonyl (C=O) groups is 1. The van der Waals surface area contributed by atoms with E-state index in [0.717, 1.165) is 16.9 Å². The van der Waals surface area contributed by atoms with E-state index < -0.39 is 0 Å². The third kappa shape index (κ3) is 4.13. The van der Waals surface area contributed by atoms with Gasteiger partial charge in [-0.3, -0.25) is 10.1 Å². The second kappa shape index (κ2) is 7.47. The van der Waals surface area contributed by atoms with Crippen LogP contribution in [0.25, 0.3) is 0 Å². The lowest BCUT2D eigenvalue weighted by Gasteiger charge is -2.09. The minimum Gasteiger partial charge on any atom is -0.380 e. The highest BCUT2D eigenvalue weighted by atomic mass is 35.5. The SMILES string of the molecule is Cc1csc(NC(=O)c2ccc(CNc3ccccc3Cl)cc2)n1. The molecule has 2 N–H and O–H groups in total. The Morgan fingerprint density at radius 3 is 2.58 bits per heavy atom. The topological polar surface area (TPSA) is 54.0 Å². The molecule has 0 fully saturated rings. The van der Waals surface area contributed by atoms with Gasteiger partial charge in [-0.1, -0.05) is 35.9 Å². The molecule has 122 valence electrons. The van der Waals surface area contributed by atoms with Crippen LogP contribution in [0.3, 0.4) is 0 Å². The second-order valence-electron chi connectivity index (χ2n) is 5.28. The van der Waals surface area contributed by atoms with Gasteiger partial charge in [-0.25, -0.2) is 4.98 Å². The van der Waals surface area contributed by atoms with Gasteiger partial charge >= 0.3 is 0 Å². The van der Waals surface area contributed by atoms with Gasteiger partial charge in [-0.15, -0.1) is 11.3 Å². The molecule has 4 nitrogen and oxygen atoms in total. The Bertz CT molecular complexity index is 845. The summed E-state index contributed by atoms with van der Waals surface area (Å²) in [6.45, 7) is 2.53. The van der Waals surface area contributed by atoms with Crippen LogP contribution >= 0.6 is 22.9 Å². The zero-order valence-corrected chi connectivity index (χ0v) is 14.6. The lowest BCUT2D eigenvalue weighted by atomic mass is 10.1. The molecule has 0 aliphatic rings. The van der Waals surface area contributed by atoms with Crippen molar-refractivity contribution in [2.45, 2.75) is 13.5 Å². The molecule has 1 aromatic heterocycles. The fourth-order valence-corrected chi connectivity index (χ4v) is 3.04. The first kappa shape index (κ1) is 16.5. The Morgan fingerprint density at radius 1 is 1.17 bits per heavy atom. The van der Waals surface area contributed by atoms with Gasteiger partial charge in [0.15, 0.2) is 5.13 Å². The van der Waals surface area contributed by atoms with Crippen molar-refractivity contribution in [3.8, 4) is 0 Å². The normalized spacial score (nSPS) is 10.4. The van der Waals surface area contributed by atoms with E-state index in [9.17, 15) is 4.79 Å². The summed E-state index contributed by atoms with van der Waals surface area (Å²) in [6.07, 6.45) is 0. The van der Waals surface area contributed by atoms with Gasteiger partial charge in [0, 0.05) is 17.5 Å². The van der Waals surface area contributed by atoms with Crippen molar-refractivity contribution < 1.29 is 4.79 Å². The zero-order valence-electron chi connectivity index (χ0n) is 13.0. The van der Waals surface area contributed by atoms with Crippen molar-refractivity contribution >= 4 is 39.7 Å². The number of nitrogens with zero attached hydrogens (tertiary/aromatic N) is 1. The summed E-state index contributed by atoms with van der Waals surface area (Å²) in [5.41, 5.74) is 3.46. The van der Waals surface area contributed by atoms with Crippen molar-refractivity contribution in [3.63, 3.8) is 0 Å². The zero-order chi connectivity index (χ0) is 16.9. The Labute approximate surface area is 149 Å². The molecule has 3 rings (SSSR count). The van der Waals surface area contributed by atoms with E-state index in [0.29, 0.717) is 22.3 Å². The lowest BCUT2D eigenvalue weighted by Crippen LogP contribution is -2.11. The molecule has 2 aromatic carbocycles. The molecular weight excluding hydrogens is 342 g/mol. The molecule has 6 heteroatoms. The number of para-hydroxylation sites is 1. The minimum absolute atomic E-state index is 0.157. The van der Waals surface area contributed by atoms with Crippen molar-refractivity contribution in [2.24, 2.45) is 0 Å². The van der Waals surface area contributed by atoms with Crippen LogP contribution in [0.15, 0.2) is 53.9 Å². The molecule has 0 spiro atoms. The van der Waals surface area contributed by atoms with Gasteiger partial charge in [0.25, 0.3) is 5.91 Å². The first-order chi connectivity index (χ1) is 11.6. The summed E-state index contributed by atoms with van der Waals surface area (Å²) in [6, 6.07) is 15.1. The summed E-state index contributed by atoms with van der Waals surface area (Å²) >= 11 is 7.53. The van der Waals surface area contributed by atoms with E-state index in [4.69, 9.17) is 11.6 Å². The molecule has 0 unspecified atom stereocenters. The molecule has 0 aliphatic heterocycles. The Morgan fingerprint density at radius 2 is 1.92 bits per heavy atom. The maximum Gasteiger partial charge on any atom is 0.257 e. The van der Waals surface area contributed by atoms with E-state index in [1.165, 1.54) is 11.3 Å². The van der Waals surface area contributed by atoms with E-state index in [1.807, 2.05) is 48.7 Å². The van der Waals surface area contributed by atoms with Crippen LogP contribution in [0, 0.1) is 6.92 Å². The number of halogens is 1. The number of nitrogens with one attached hydrogen (secondary N) is 2. The first-order valence-electron chi connectivity index (χ1n) is 7.42. The maximum absolute atomic E-state index is 12.2. The Balaban J connectivity index is 1.60. The van der Waals surface area contributed by atoms with Crippen molar-refractivity contribution in [1.82, 2.24) is 4.98 Å². The fourth-order valence-electron chi connectivity index (χ4n) is 2.16. The monoisotopic (exact) mass is 357 g/mol. The van der Waals surface area contributed by atoms with Gasteiger partial charge in [-0.2, -0.15) is 0 Å². The predicted molar refractivity (Wildman–Crippen MR) is 100 cm³/mol. The maximum atomic E-state index is 12.2. The number of aryl methyl sites for hydroxylation is 1. The van der Waals surface area contributed by atoms with E-state index in [-0.39, 0.29) is 5.91 Å². The number of anilines is 2. The van der Waals surface area contributed by atoms with Crippen LogP contribution in [0.5, 0.6) is 0 Å². The largest absolute Gasteiger partial charge is 0.380 e. The van der Waals surface area contributed by atoms with Crippen LogP contribution in [0.4, 0.5) is 10.8 Å². The van der Waals surface area contributed by atoms with E-state index in [2.05, 4.69) is 15.6 Å². The molecule has 24 heavy (non-hydrogen) atoms. The summed E-state index contributed by atoms with van der Waals surface area (Å²) in [5, 5.41) is 9.28.